The van der Waals surface area contributed by atoms with Gasteiger partial charge in [-0.3, -0.25) is 9.71 Å². The number of nitrogens with one attached hydrogen (secondary N) is 1. The summed E-state index contributed by atoms with van der Waals surface area (Å²) < 4.78 is 65.1. The number of hydrogen-bond donors (Lipinski definition) is 1. The number of carbonyl (C=O) groups excluding carboxylic acids is 1. The number of aryl methyl sites for hydroxylation is 2. The van der Waals surface area contributed by atoms with Gasteiger partial charge in [0.1, 0.15) is 24.0 Å². The molecule has 10 heteroatoms. The number of anilines is 1. The zero-order chi connectivity index (χ0) is 23.5. The number of aromatic nitrogens is 1. The van der Waals surface area contributed by atoms with Gasteiger partial charge in [-0.05, 0) is 61.4 Å². The van der Waals surface area contributed by atoms with Gasteiger partial charge in [-0.25, -0.2) is 22.0 Å². The van der Waals surface area contributed by atoms with Crippen molar-refractivity contribution in [2.24, 2.45) is 0 Å². The van der Waals surface area contributed by atoms with Crippen LogP contribution in [0.25, 0.3) is 0 Å². The predicted molar refractivity (Wildman–Crippen MR) is 113 cm³/mol. The lowest BCUT2D eigenvalue weighted by atomic mass is 10.1. The number of sulfonamides is 1. The Morgan fingerprint density at radius 2 is 1.69 bits per heavy atom. The Bertz CT molecular complexity index is 1240. The Hall–Kier alpha value is -3.53. The minimum Gasteiger partial charge on any atom is -0.485 e. The van der Waals surface area contributed by atoms with Gasteiger partial charge in [0.15, 0.2) is 0 Å². The lowest BCUT2D eigenvalue weighted by Crippen LogP contribution is -2.15. The number of hydrogen-bond acceptors (Lipinski definition) is 6. The average Bonchev–Trinajstić information content (AvgIpc) is 2.74. The first kappa shape index (κ1) is 23.1. The summed E-state index contributed by atoms with van der Waals surface area (Å²) in [6.45, 7) is 3.59. The standard InChI is InChI=1S/C22H20F2N2O5S/c1-13-6-20(26-32(28,29)19-9-16(23)8-17(24)10-19)21(7-14(13)2)31-12-18-5-4-15(11-25-18)22(27)30-3/h4-11,26H,12H2,1-3H3. The topological polar surface area (TPSA) is 94.6 Å². The molecule has 168 valence electrons. The van der Waals surface area contributed by atoms with Crippen molar-refractivity contribution in [3.8, 4) is 5.75 Å². The first-order valence-electron chi connectivity index (χ1n) is 9.35. The molecular weight excluding hydrogens is 442 g/mol. The minimum absolute atomic E-state index is 0.0206. The summed E-state index contributed by atoms with van der Waals surface area (Å²) in [6, 6.07) is 8.34. The van der Waals surface area contributed by atoms with E-state index in [0.717, 1.165) is 23.3 Å². The summed E-state index contributed by atoms with van der Waals surface area (Å²) in [6.07, 6.45) is 1.34. The maximum atomic E-state index is 13.5. The molecule has 0 atom stereocenters. The molecule has 0 aliphatic rings. The quantitative estimate of drug-likeness (QED) is 0.531. The third-order valence-corrected chi connectivity index (χ3v) is 5.95. The molecule has 7 nitrogen and oxygen atoms in total. The Kier molecular flexibility index (Phi) is 6.73. The molecule has 1 aromatic heterocycles. The number of esters is 1. The van der Waals surface area contributed by atoms with Gasteiger partial charge in [-0.15, -0.1) is 0 Å². The summed E-state index contributed by atoms with van der Waals surface area (Å²) >= 11 is 0. The van der Waals surface area contributed by atoms with Crippen LogP contribution in [0.3, 0.4) is 0 Å². The molecule has 3 aromatic rings. The molecule has 1 heterocycles. The summed E-state index contributed by atoms with van der Waals surface area (Å²) in [5.41, 5.74) is 2.48. The summed E-state index contributed by atoms with van der Waals surface area (Å²) in [7, 11) is -3.02. The Labute approximate surface area is 184 Å². The third-order valence-electron chi connectivity index (χ3n) is 4.61. The van der Waals surface area contributed by atoms with Crippen molar-refractivity contribution >= 4 is 21.7 Å². The second-order valence-electron chi connectivity index (χ2n) is 6.96. The van der Waals surface area contributed by atoms with Gasteiger partial charge in [-0.1, -0.05) is 0 Å². The van der Waals surface area contributed by atoms with E-state index in [0.29, 0.717) is 11.8 Å². The highest BCUT2D eigenvalue weighted by atomic mass is 32.2. The molecule has 0 spiro atoms. The molecule has 0 unspecified atom stereocenters. The SMILES string of the molecule is COC(=O)c1ccc(COc2cc(C)c(C)cc2NS(=O)(=O)c2cc(F)cc(F)c2)nc1. The lowest BCUT2D eigenvalue weighted by Gasteiger charge is -2.16. The van der Waals surface area contributed by atoms with Crippen LogP contribution in [-0.4, -0.2) is 26.5 Å². The van der Waals surface area contributed by atoms with Crippen LogP contribution in [0.15, 0.2) is 53.6 Å². The van der Waals surface area contributed by atoms with E-state index in [-0.39, 0.29) is 23.6 Å². The molecule has 3 rings (SSSR count). The fourth-order valence-electron chi connectivity index (χ4n) is 2.78. The number of pyridine rings is 1. The smallest absolute Gasteiger partial charge is 0.339 e. The van der Waals surface area contributed by atoms with E-state index in [4.69, 9.17) is 4.74 Å². The van der Waals surface area contributed by atoms with E-state index in [1.165, 1.54) is 19.4 Å². The number of methoxy groups -OCH3 is 1. The van der Waals surface area contributed by atoms with E-state index in [9.17, 15) is 22.0 Å². The fraction of sp³-hybridized carbons (Fsp3) is 0.182. The predicted octanol–water partition coefficient (Wildman–Crippen LogP) is 4.14. The molecule has 0 fully saturated rings. The van der Waals surface area contributed by atoms with Crippen LogP contribution in [0, 0.1) is 25.5 Å². The van der Waals surface area contributed by atoms with Gasteiger partial charge in [0.25, 0.3) is 10.0 Å². The van der Waals surface area contributed by atoms with Gasteiger partial charge < -0.3 is 9.47 Å². The zero-order valence-electron chi connectivity index (χ0n) is 17.5. The molecule has 2 aromatic carbocycles. The Morgan fingerprint density at radius 1 is 1.03 bits per heavy atom. The molecule has 32 heavy (non-hydrogen) atoms. The van der Waals surface area contributed by atoms with Crippen molar-refractivity contribution in [2.75, 3.05) is 11.8 Å². The zero-order valence-corrected chi connectivity index (χ0v) is 18.3. The summed E-state index contributed by atoms with van der Waals surface area (Å²) in [5, 5.41) is 0. The molecule has 0 saturated carbocycles. The number of nitrogens with zero attached hydrogens (tertiary/aromatic N) is 1. The monoisotopic (exact) mass is 462 g/mol. The van der Waals surface area contributed by atoms with Crippen LogP contribution in [-0.2, 0) is 21.4 Å². The molecule has 0 bridgehead atoms. The highest BCUT2D eigenvalue weighted by molar-refractivity contribution is 7.92. The highest BCUT2D eigenvalue weighted by Gasteiger charge is 2.20. The molecule has 0 aliphatic carbocycles. The maximum absolute atomic E-state index is 13.5. The van der Waals surface area contributed by atoms with Crippen LogP contribution in [0.1, 0.15) is 27.2 Å². The first-order chi connectivity index (χ1) is 15.1. The maximum Gasteiger partial charge on any atom is 0.339 e. The molecule has 0 radical (unpaired) electrons. The Morgan fingerprint density at radius 3 is 2.28 bits per heavy atom. The van der Waals surface area contributed by atoms with Crippen LogP contribution in [0.2, 0.25) is 0 Å². The normalized spacial score (nSPS) is 11.2. The minimum atomic E-state index is -4.29. The van der Waals surface area contributed by atoms with Crippen LogP contribution >= 0.6 is 0 Å². The van der Waals surface area contributed by atoms with E-state index in [2.05, 4.69) is 14.4 Å². The number of benzene rings is 2. The molecule has 0 amide bonds. The first-order valence-corrected chi connectivity index (χ1v) is 10.8. The van der Waals surface area contributed by atoms with Gasteiger partial charge >= 0.3 is 5.97 Å². The number of carbonyl (C=O) groups is 1. The van der Waals surface area contributed by atoms with E-state index in [1.807, 2.05) is 6.92 Å². The number of ether oxygens (including phenoxy) is 2. The molecule has 0 saturated heterocycles. The van der Waals surface area contributed by atoms with Crippen molar-refractivity contribution in [2.45, 2.75) is 25.3 Å². The van der Waals surface area contributed by atoms with Gasteiger partial charge in [0.05, 0.1) is 29.0 Å². The summed E-state index contributed by atoms with van der Waals surface area (Å²) in [4.78, 5) is 15.1. The second kappa shape index (κ2) is 9.31. The number of rotatable bonds is 7. The molecule has 0 aliphatic heterocycles. The summed E-state index contributed by atoms with van der Waals surface area (Å²) in [5.74, 6) is -2.34. The van der Waals surface area contributed by atoms with E-state index in [1.54, 1.807) is 25.1 Å². The highest BCUT2D eigenvalue weighted by Crippen LogP contribution is 2.31. The molecular formula is C22H20F2N2O5S. The number of halogens is 2. The van der Waals surface area contributed by atoms with Crippen molar-refractivity contribution < 1.29 is 31.5 Å². The largest absolute Gasteiger partial charge is 0.485 e. The lowest BCUT2D eigenvalue weighted by molar-refractivity contribution is 0.0600. The van der Waals surface area contributed by atoms with Gasteiger partial charge in [0.2, 0.25) is 0 Å². The van der Waals surface area contributed by atoms with E-state index < -0.39 is 32.5 Å². The molecule has 1 N–H and O–H groups in total. The van der Waals surface area contributed by atoms with Crippen molar-refractivity contribution in [1.82, 2.24) is 4.98 Å². The van der Waals surface area contributed by atoms with Gasteiger partial charge in [0, 0.05) is 12.3 Å². The van der Waals surface area contributed by atoms with Crippen molar-refractivity contribution in [3.05, 3.63) is 82.7 Å². The third kappa shape index (κ3) is 5.38. The van der Waals surface area contributed by atoms with Crippen LogP contribution in [0.5, 0.6) is 5.75 Å². The van der Waals surface area contributed by atoms with E-state index >= 15 is 0 Å². The Balaban J connectivity index is 1.86. The average molecular weight is 462 g/mol. The van der Waals surface area contributed by atoms with Crippen LogP contribution < -0.4 is 9.46 Å². The fourth-order valence-corrected chi connectivity index (χ4v) is 3.88. The van der Waals surface area contributed by atoms with Crippen LogP contribution in [0.4, 0.5) is 14.5 Å². The second-order valence-corrected chi connectivity index (χ2v) is 8.64. The van der Waals surface area contributed by atoms with Crippen molar-refractivity contribution in [1.29, 1.82) is 0 Å². The van der Waals surface area contributed by atoms with Gasteiger partial charge in [-0.2, -0.15) is 0 Å². The van der Waals surface area contributed by atoms with Crippen molar-refractivity contribution in [3.63, 3.8) is 0 Å².